The predicted octanol–water partition coefficient (Wildman–Crippen LogP) is 5.53. The van der Waals surface area contributed by atoms with Crippen LogP contribution in [0.1, 0.15) is 55.0 Å². The molecule has 0 bridgehead atoms. The second-order valence-corrected chi connectivity index (χ2v) is 9.56. The Balaban J connectivity index is 1.47. The Kier molecular flexibility index (Phi) is 7.91. The molecular weight excluding hydrogens is 462 g/mol. The molecule has 190 valence electrons. The SMILES string of the molecule is COCc1cc(F)c(C(=N)/C=C\c2cnc(Nc3cnccc3C3CC(C)C(C)C(N)C3)[nH]2)c(F)c1. The Hall–Kier alpha value is -3.43. The number of aromatic amines is 1. The molecule has 1 aliphatic rings. The maximum Gasteiger partial charge on any atom is 0.205 e. The summed E-state index contributed by atoms with van der Waals surface area (Å²) in [5, 5.41) is 11.4. The van der Waals surface area contributed by atoms with E-state index in [4.69, 9.17) is 15.9 Å². The number of nitrogens with two attached hydrogens (primary N) is 1. The molecule has 0 radical (unpaired) electrons. The maximum absolute atomic E-state index is 14.4. The van der Waals surface area contributed by atoms with Crippen molar-refractivity contribution in [3.05, 3.63) is 76.9 Å². The molecule has 1 fully saturated rings. The minimum atomic E-state index is -0.807. The van der Waals surface area contributed by atoms with Crippen LogP contribution >= 0.6 is 0 Å². The van der Waals surface area contributed by atoms with Crippen molar-refractivity contribution in [1.82, 2.24) is 15.0 Å². The standard InChI is InChI=1S/C27H32F2N6O/c1-15-8-18(11-24(31)16(15)2)20-6-7-32-13-25(20)35-27-33-12-19(34-27)4-5-23(30)26-21(28)9-17(14-36-3)10-22(26)29/h4-7,9-10,12-13,15-16,18,24,30H,8,11,14,31H2,1-3H3,(H2,33,34,35)/b5-4-,30-23?. The lowest BCUT2D eigenvalue weighted by atomic mass is 9.71. The summed E-state index contributed by atoms with van der Waals surface area (Å²) in [7, 11) is 1.45. The van der Waals surface area contributed by atoms with E-state index >= 15 is 0 Å². The number of nitrogens with zero attached hydrogens (tertiary/aromatic N) is 2. The lowest BCUT2D eigenvalue weighted by Crippen LogP contribution is -2.39. The minimum absolute atomic E-state index is 0.0889. The fraction of sp³-hybridized carbons (Fsp3) is 0.370. The van der Waals surface area contributed by atoms with E-state index in [1.807, 2.05) is 6.07 Å². The van der Waals surface area contributed by atoms with Crippen LogP contribution in [0.2, 0.25) is 0 Å². The van der Waals surface area contributed by atoms with E-state index in [1.165, 1.54) is 25.3 Å². The van der Waals surface area contributed by atoms with Gasteiger partial charge in [-0.3, -0.25) is 4.98 Å². The number of aromatic nitrogens is 3. The average molecular weight is 495 g/mol. The van der Waals surface area contributed by atoms with E-state index < -0.39 is 17.2 Å². The highest BCUT2D eigenvalue weighted by atomic mass is 19.1. The van der Waals surface area contributed by atoms with Crippen LogP contribution in [-0.2, 0) is 11.3 Å². The first-order valence-corrected chi connectivity index (χ1v) is 12.0. The van der Waals surface area contributed by atoms with Gasteiger partial charge in [-0.1, -0.05) is 13.8 Å². The monoisotopic (exact) mass is 494 g/mol. The van der Waals surface area contributed by atoms with Crippen LogP contribution in [0.3, 0.4) is 0 Å². The molecule has 4 unspecified atom stereocenters. The smallest absolute Gasteiger partial charge is 0.205 e. The number of hydrogen-bond donors (Lipinski definition) is 4. The Labute approximate surface area is 209 Å². The summed E-state index contributed by atoms with van der Waals surface area (Å²) in [6.07, 6.45) is 10.00. The molecule has 2 aromatic heterocycles. The largest absolute Gasteiger partial charge is 0.380 e. The summed E-state index contributed by atoms with van der Waals surface area (Å²) in [5.74, 6) is 0.229. The van der Waals surface area contributed by atoms with Crippen molar-refractivity contribution in [3.8, 4) is 0 Å². The number of hydrogen-bond acceptors (Lipinski definition) is 6. The number of allylic oxidation sites excluding steroid dienone is 1. The lowest BCUT2D eigenvalue weighted by molar-refractivity contribution is 0.184. The highest BCUT2D eigenvalue weighted by Crippen LogP contribution is 2.41. The second-order valence-electron chi connectivity index (χ2n) is 9.56. The van der Waals surface area contributed by atoms with Crippen molar-refractivity contribution in [2.45, 2.75) is 45.3 Å². The molecule has 4 atom stereocenters. The van der Waals surface area contributed by atoms with Crippen molar-refractivity contribution >= 4 is 23.4 Å². The summed E-state index contributed by atoms with van der Waals surface area (Å²) in [6.45, 7) is 4.55. The van der Waals surface area contributed by atoms with Gasteiger partial charge in [0, 0.05) is 19.3 Å². The highest BCUT2D eigenvalue weighted by Gasteiger charge is 2.32. The molecule has 1 saturated carbocycles. The van der Waals surface area contributed by atoms with Gasteiger partial charge in [-0.15, -0.1) is 0 Å². The van der Waals surface area contributed by atoms with Gasteiger partial charge in [0.05, 0.1) is 41.7 Å². The van der Waals surface area contributed by atoms with E-state index in [9.17, 15) is 8.78 Å². The number of imidazole rings is 1. The third kappa shape index (κ3) is 5.68. The van der Waals surface area contributed by atoms with E-state index in [2.05, 4.69) is 34.1 Å². The molecule has 0 spiro atoms. The molecule has 1 aromatic carbocycles. The van der Waals surface area contributed by atoms with Gasteiger partial charge in [-0.2, -0.15) is 0 Å². The third-order valence-electron chi connectivity index (χ3n) is 7.04. The maximum atomic E-state index is 14.4. The first-order chi connectivity index (χ1) is 17.3. The van der Waals surface area contributed by atoms with Crippen molar-refractivity contribution in [1.29, 1.82) is 5.41 Å². The van der Waals surface area contributed by atoms with Crippen LogP contribution in [-0.4, -0.2) is 33.8 Å². The molecule has 3 aromatic rings. The third-order valence-corrected chi connectivity index (χ3v) is 7.04. The molecule has 2 heterocycles. The van der Waals surface area contributed by atoms with Crippen LogP contribution in [0.4, 0.5) is 20.4 Å². The summed E-state index contributed by atoms with van der Waals surface area (Å²) < 4.78 is 33.7. The van der Waals surface area contributed by atoms with Crippen molar-refractivity contribution in [2.24, 2.45) is 17.6 Å². The normalized spacial score (nSPS) is 22.2. The molecule has 5 N–H and O–H groups in total. The number of halogens is 2. The number of H-pyrrole nitrogens is 1. The van der Waals surface area contributed by atoms with Crippen LogP contribution in [0, 0.1) is 28.9 Å². The molecule has 4 rings (SSSR count). The van der Waals surface area contributed by atoms with E-state index in [1.54, 1.807) is 24.7 Å². The number of methoxy groups -OCH3 is 1. The molecule has 36 heavy (non-hydrogen) atoms. The van der Waals surface area contributed by atoms with Gasteiger partial charge in [-0.25, -0.2) is 13.8 Å². The molecular formula is C27H32F2N6O. The Bertz CT molecular complexity index is 1220. The fourth-order valence-electron chi connectivity index (χ4n) is 4.84. The van der Waals surface area contributed by atoms with Gasteiger partial charge < -0.3 is 26.2 Å². The fourth-order valence-corrected chi connectivity index (χ4v) is 4.84. The molecule has 7 nitrogen and oxygen atoms in total. The zero-order valence-corrected chi connectivity index (χ0v) is 20.7. The number of nitrogens with one attached hydrogen (secondary N) is 3. The zero-order valence-electron chi connectivity index (χ0n) is 20.7. The van der Waals surface area contributed by atoms with E-state index in [0.717, 1.165) is 24.1 Å². The minimum Gasteiger partial charge on any atom is -0.380 e. The summed E-state index contributed by atoms with van der Waals surface area (Å²) in [5.41, 5.74) is 8.68. The first kappa shape index (κ1) is 25.7. The topological polar surface area (TPSA) is 113 Å². The van der Waals surface area contributed by atoms with Crippen molar-refractivity contribution < 1.29 is 13.5 Å². The number of rotatable bonds is 8. The number of pyridine rings is 1. The van der Waals surface area contributed by atoms with Crippen molar-refractivity contribution in [3.63, 3.8) is 0 Å². The van der Waals surface area contributed by atoms with Crippen molar-refractivity contribution in [2.75, 3.05) is 12.4 Å². The second kappa shape index (κ2) is 11.1. The molecule has 1 aliphatic carbocycles. The summed E-state index contributed by atoms with van der Waals surface area (Å²) in [4.78, 5) is 11.7. The van der Waals surface area contributed by atoms with Crippen LogP contribution < -0.4 is 11.1 Å². The average Bonchev–Trinajstić information content (AvgIpc) is 3.28. The van der Waals surface area contributed by atoms with Gasteiger partial charge in [0.1, 0.15) is 11.6 Å². The Morgan fingerprint density at radius 1 is 1.25 bits per heavy atom. The summed E-state index contributed by atoms with van der Waals surface area (Å²) in [6, 6.07) is 4.53. The van der Waals surface area contributed by atoms with Gasteiger partial charge in [0.25, 0.3) is 0 Å². The quantitative estimate of drug-likeness (QED) is 0.308. The zero-order chi connectivity index (χ0) is 25.8. The van der Waals surface area contributed by atoms with Crippen LogP contribution in [0.25, 0.3) is 6.08 Å². The van der Waals surface area contributed by atoms with Crippen LogP contribution in [0.15, 0.2) is 42.9 Å². The van der Waals surface area contributed by atoms with E-state index in [0.29, 0.717) is 35.0 Å². The Morgan fingerprint density at radius 3 is 2.69 bits per heavy atom. The van der Waals surface area contributed by atoms with Gasteiger partial charge in [0.15, 0.2) is 0 Å². The highest BCUT2D eigenvalue weighted by molar-refractivity contribution is 6.09. The number of ether oxygens (including phenoxy) is 1. The van der Waals surface area contributed by atoms with E-state index in [-0.39, 0.29) is 18.4 Å². The lowest BCUT2D eigenvalue weighted by Gasteiger charge is -2.37. The Morgan fingerprint density at radius 2 is 2.00 bits per heavy atom. The molecule has 9 heteroatoms. The molecule has 0 saturated heterocycles. The van der Waals surface area contributed by atoms with Crippen LogP contribution in [0.5, 0.6) is 0 Å². The van der Waals surface area contributed by atoms with Gasteiger partial charge in [-0.05, 0) is 72.1 Å². The van der Waals surface area contributed by atoms with Gasteiger partial charge >= 0.3 is 0 Å². The predicted molar refractivity (Wildman–Crippen MR) is 137 cm³/mol. The molecule has 0 aliphatic heterocycles. The number of benzene rings is 1. The first-order valence-electron chi connectivity index (χ1n) is 12.0. The summed E-state index contributed by atoms with van der Waals surface area (Å²) >= 11 is 0. The molecule has 0 amide bonds. The van der Waals surface area contributed by atoms with Gasteiger partial charge in [0.2, 0.25) is 5.95 Å². The number of anilines is 2.